The lowest BCUT2D eigenvalue weighted by atomic mass is 9.72. The molecule has 2 saturated heterocycles. The molecule has 7 rings (SSSR count). The van der Waals surface area contributed by atoms with Crippen molar-refractivity contribution >= 4 is 11.9 Å². The molecule has 196 valence electrons. The molecular formula is C30H32FN5O2. The van der Waals surface area contributed by atoms with E-state index in [1.165, 1.54) is 34.5 Å². The van der Waals surface area contributed by atoms with Crippen LogP contribution in [0.1, 0.15) is 34.4 Å². The van der Waals surface area contributed by atoms with Gasteiger partial charge in [-0.2, -0.15) is 5.10 Å². The number of aromatic nitrogens is 2. The highest BCUT2D eigenvalue weighted by Crippen LogP contribution is 2.47. The number of piperidine rings is 1. The van der Waals surface area contributed by atoms with E-state index < -0.39 is 5.54 Å². The number of imidazole rings is 1. The van der Waals surface area contributed by atoms with E-state index in [4.69, 9.17) is 9.84 Å². The summed E-state index contributed by atoms with van der Waals surface area (Å²) in [6.45, 7) is 4.54. The molecule has 1 aromatic heterocycles. The zero-order valence-corrected chi connectivity index (χ0v) is 21.8. The Balaban J connectivity index is 1.33. The Morgan fingerprint density at radius 3 is 2.50 bits per heavy atom. The largest absolute Gasteiger partial charge is 0.393 e. The highest BCUT2D eigenvalue weighted by molar-refractivity contribution is 6.04. The number of hydrogen-bond acceptors (Lipinski definition) is 6. The lowest BCUT2D eigenvalue weighted by molar-refractivity contribution is -0.139. The quantitative estimate of drug-likeness (QED) is 0.577. The number of likely N-dealkylation sites (N-methyl/N-ethyl adjacent to an activating group) is 1. The van der Waals surface area contributed by atoms with Crippen LogP contribution in [0.2, 0.25) is 0 Å². The number of hydrogen-bond donors (Lipinski definition) is 1. The minimum absolute atomic E-state index is 0.0252. The number of aryl methyl sites for hydroxylation is 1. The number of aliphatic hydroxyl groups is 1. The van der Waals surface area contributed by atoms with E-state index >= 15 is 0 Å². The predicted octanol–water partition coefficient (Wildman–Crippen LogP) is 3.67. The lowest BCUT2D eigenvalue weighted by Gasteiger charge is -2.58. The van der Waals surface area contributed by atoms with Crippen molar-refractivity contribution in [1.82, 2.24) is 19.5 Å². The Labute approximate surface area is 221 Å². The van der Waals surface area contributed by atoms with Crippen LogP contribution in [0.5, 0.6) is 0 Å². The van der Waals surface area contributed by atoms with Crippen LogP contribution in [0.25, 0.3) is 11.8 Å². The molecule has 2 fully saturated rings. The van der Waals surface area contributed by atoms with Gasteiger partial charge in [-0.3, -0.25) is 5.01 Å². The van der Waals surface area contributed by atoms with Crippen LogP contribution in [0, 0.1) is 18.2 Å². The molecule has 0 saturated carbocycles. The number of rotatable bonds is 4. The fourth-order valence-electron chi connectivity index (χ4n) is 6.65. The van der Waals surface area contributed by atoms with Gasteiger partial charge in [0.25, 0.3) is 0 Å². The first kappa shape index (κ1) is 23.6. The van der Waals surface area contributed by atoms with E-state index in [0.29, 0.717) is 19.8 Å². The maximum absolute atomic E-state index is 13.9. The zero-order valence-electron chi connectivity index (χ0n) is 21.8. The Hall–Kier alpha value is -3.49. The van der Waals surface area contributed by atoms with Gasteiger partial charge < -0.3 is 19.3 Å². The molecule has 1 atom stereocenters. The van der Waals surface area contributed by atoms with Gasteiger partial charge in [-0.15, -0.1) is 0 Å². The van der Waals surface area contributed by atoms with E-state index in [1.54, 1.807) is 12.1 Å². The van der Waals surface area contributed by atoms with Crippen molar-refractivity contribution in [3.8, 4) is 5.69 Å². The Bertz CT molecular complexity index is 1470. The Kier molecular flexibility index (Phi) is 5.29. The molecule has 1 aliphatic carbocycles. The molecule has 2 aromatic carbocycles. The maximum atomic E-state index is 13.9. The van der Waals surface area contributed by atoms with E-state index in [9.17, 15) is 9.50 Å². The fraction of sp³-hybridized carbons (Fsp3) is 0.400. The first-order valence-electron chi connectivity index (χ1n) is 13.3. The van der Waals surface area contributed by atoms with Gasteiger partial charge in [0.05, 0.1) is 38.4 Å². The van der Waals surface area contributed by atoms with Gasteiger partial charge in [-0.1, -0.05) is 18.2 Å². The Morgan fingerprint density at radius 1 is 1.08 bits per heavy atom. The summed E-state index contributed by atoms with van der Waals surface area (Å²) in [5, 5.41) is 17.8. The summed E-state index contributed by atoms with van der Waals surface area (Å²) in [6.07, 6.45) is 9.25. The third kappa shape index (κ3) is 3.54. The summed E-state index contributed by atoms with van der Waals surface area (Å²) in [5.41, 5.74) is 7.50. The summed E-state index contributed by atoms with van der Waals surface area (Å²) in [7, 11) is 1.95. The second-order valence-corrected chi connectivity index (χ2v) is 11.4. The van der Waals surface area contributed by atoms with Crippen LogP contribution in [0.4, 0.5) is 4.39 Å². The molecule has 1 unspecified atom stereocenters. The van der Waals surface area contributed by atoms with E-state index in [0.717, 1.165) is 48.5 Å². The topological polar surface area (TPSA) is 66.1 Å². The van der Waals surface area contributed by atoms with E-state index in [1.807, 2.05) is 25.3 Å². The van der Waals surface area contributed by atoms with Crippen LogP contribution in [0.15, 0.2) is 59.6 Å². The van der Waals surface area contributed by atoms with Gasteiger partial charge >= 0.3 is 0 Å². The number of hydrazone groups is 1. The molecule has 3 aromatic rings. The second-order valence-electron chi connectivity index (χ2n) is 11.4. The molecule has 1 N–H and O–H groups in total. The highest BCUT2D eigenvalue weighted by atomic mass is 19.1. The molecular weight excluding hydrogens is 481 g/mol. The van der Waals surface area contributed by atoms with Crippen molar-refractivity contribution in [2.45, 2.75) is 31.7 Å². The monoisotopic (exact) mass is 513 g/mol. The van der Waals surface area contributed by atoms with Crippen LogP contribution < -0.4 is 0 Å². The molecule has 4 aliphatic rings. The standard InChI is InChI=1S/C30H32FN5O2/c1-20-13-35(19-32-20)27-10-3-21(25-8-9-26(25)27)11-22-12-29(17-38-18-29)14-36-28(22)33-34(2)15-30(36,16-37)23-4-6-24(31)7-5-23/h3-7,10-11,13,19,37H,8-9,12,14-18H2,1-2H3/b22-11+. The number of fused-ring (bicyclic) bond motifs is 2. The highest BCUT2D eigenvalue weighted by Gasteiger charge is 2.54. The Morgan fingerprint density at radius 2 is 1.87 bits per heavy atom. The van der Waals surface area contributed by atoms with E-state index in [-0.39, 0.29) is 17.8 Å². The minimum atomic E-state index is -0.726. The maximum Gasteiger partial charge on any atom is 0.152 e. The summed E-state index contributed by atoms with van der Waals surface area (Å²) >= 11 is 0. The molecule has 0 amide bonds. The molecule has 1 spiro atoms. The van der Waals surface area contributed by atoms with Crippen LogP contribution >= 0.6 is 0 Å². The first-order chi connectivity index (χ1) is 18.4. The molecule has 4 heterocycles. The minimum Gasteiger partial charge on any atom is -0.393 e. The van der Waals surface area contributed by atoms with E-state index in [2.05, 4.69) is 38.9 Å². The van der Waals surface area contributed by atoms with Crippen molar-refractivity contribution in [2.75, 3.05) is 40.0 Å². The van der Waals surface area contributed by atoms with Gasteiger partial charge in [0.2, 0.25) is 0 Å². The normalized spacial score (nSPS) is 24.5. The van der Waals surface area contributed by atoms with Crippen LogP contribution in [-0.2, 0) is 23.1 Å². The van der Waals surface area contributed by atoms with Crippen molar-refractivity contribution in [3.63, 3.8) is 0 Å². The molecule has 8 heteroatoms. The number of benzene rings is 2. The van der Waals surface area contributed by atoms with Crippen LogP contribution in [0.3, 0.4) is 0 Å². The van der Waals surface area contributed by atoms with Gasteiger partial charge in [-0.25, -0.2) is 9.37 Å². The summed E-state index contributed by atoms with van der Waals surface area (Å²) in [5.74, 6) is 0.604. The number of ether oxygens (including phenoxy) is 1. The fourth-order valence-corrected chi connectivity index (χ4v) is 6.65. The van der Waals surface area contributed by atoms with Crippen molar-refractivity contribution in [1.29, 1.82) is 0 Å². The summed E-state index contributed by atoms with van der Waals surface area (Å²) < 4.78 is 21.7. The second kappa shape index (κ2) is 8.51. The third-order valence-electron chi connectivity index (χ3n) is 8.72. The molecule has 3 aliphatic heterocycles. The average Bonchev–Trinajstić information content (AvgIpc) is 3.30. The summed E-state index contributed by atoms with van der Waals surface area (Å²) in [4.78, 5) is 6.68. The van der Waals surface area contributed by atoms with Gasteiger partial charge in [0.1, 0.15) is 11.4 Å². The van der Waals surface area contributed by atoms with Crippen molar-refractivity contribution in [3.05, 3.63) is 88.3 Å². The molecule has 38 heavy (non-hydrogen) atoms. The average molecular weight is 514 g/mol. The smallest absolute Gasteiger partial charge is 0.152 e. The van der Waals surface area contributed by atoms with Crippen molar-refractivity contribution in [2.24, 2.45) is 10.5 Å². The van der Waals surface area contributed by atoms with Crippen molar-refractivity contribution < 1.29 is 14.2 Å². The lowest BCUT2D eigenvalue weighted by Crippen LogP contribution is -2.67. The van der Waals surface area contributed by atoms with Gasteiger partial charge in [0.15, 0.2) is 5.84 Å². The number of aliphatic hydroxyl groups excluding tert-OH is 1. The predicted molar refractivity (Wildman–Crippen MR) is 143 cm³/mol. The summed E-state index contributed by atoms with van der Waals surface area (Å²) in [6, 6.07) is 11.0. The third-order valence-corrected chi connectivity index (χ3v) is 8.72. The molecule has 0 radical (unpaired) electrons. The SMILES string of the molecule is Cc1cn(-c2ccc(/C=C3\CC4(COC4)CN4C3=NN(C)CC4(CO)c3ccc(F)cc3)c3c2CC3)cn1. The van der Waals surface area contributed by atoms with Gasteiger partial charge in [0, 0.05) is 30.9 Å². The number of amidine groups is 1. The van der Waals surface area contributed by atoms with Gasteiger partial charge in [-0.05, 0) is 78.3 Å². The zero-order chi connectivity index (χ0) is 26.1. The molecule has 0 bridgehead atoms. The first-order valence-corrected chi connectivity index (χ1v) is 13.3. The van der Waals surface area contributed by atoms with Crippen LogP contribution in [-0.4, -0.2) is 70.4 Å². The number of nitrogens with zero attached hydrogens (tertiary/aromatic N) is 5. The molecule has 7 nitrogen and oxygen atoms in total. The number of halogens is 1.